The van der Waals surface area contributed by atoms with Gasteiger partial charge in [-0.1, -0.05) is 35.3 Å². The molecule has 1 aliphatic rings. The Kier molecular flexibility index (Phi) is 7.79. The fourth-order valence-corrected chi connectivity index (χ4v) is 3.46. The Morgan fingerprint density at radius 1 is 1.17 bits per heavy atom. The number of rotatable bonds is 6. The number of methoxy groups -OCH3 is 1. The average molecular weight is 451 g/mol. The van der Waals surface area contributed by atoms with Gasteiger partial charge < -0.3 is 25.6 Å². The number of amides is 3. The number of piperazine rings is 1. The molecule has 3 amide bonds. The van der Waals surface area contributed by atoms with Gasteiger partial charge in [-0.3, -0.25) is 4.79 Å². The molecule has 0 aromatic heterocycles. The van der Waals surface area contributed by atoms with Crippen molar-refractivity contribution in [2.45, 2.75) is 19.0 Å². The van der Waals surface area contributed by atoms with Crippen LogP contribution in [0.4, 0.5) is 10.5 Å². The Morgan fingerprint density at radius 3 is 2.63 bits per heavy atom. The molecule has 1 atom stereocenters. The molecule has 9 heteroatoms. The Balaban J connectivity index is 1.46. The second-order valence-corrected chi connectivity index (χ2v) is 7.80. The lowest BCUT2D eigenvalue weighted by atomic mass is 10.1. The van der Waals surface area contributed by atoms with Crippen LogP contribution in [0.15, 0.2) is 42.5 Å². The van der Waals surface area contributed by atoms with E-state index in [1.807, 2.05) is 24.3 Å². The molecule has 1 saturated heterocycles. The average Bonchev–Trinajstić information content (AvgIpc) is 2.75. The largest absolute Gasteiger partial charge is 0.497 e. The minimum atomic E-state index is -0.237. The van der Waals surface area contributed by atoms with Crippen molar-refractivity contribution in [3.05, 3.63) is 58.1 Å². The topological polar surface area (TPSA) is 82.7 Å². The van der Waals surface area contributed by atoms with Gasteiger partial charge in [0, 0.05) is 44.3 Å². The van der Waals surface area contributed by atoms with Crippen LogP contribution in [0.1, 0.15) is 12.0 Å². The van der Waals surface area contributed by atoms with Crippen LogP contribution in [-0.4, -0.2) is 49.6 Å². The fourth-order valence-electron chi connectivity index (χ4n) is 3.16. The number of nitrogens with zero attached hydrogens (tertiary/aromatic N) is 1. The van der Waals surface area contributed by atoms with Crippen LogP contribution in [0.2, 0.25) is 10.0 Å². The second-order valence-electron chi connectivity index (χ2n) is 6.99. The van der Waals surface area contributed by atoms with Crippen molar-refractivity contribution in [3.63, 3.8) is 0 Å². The molecule has 160 valence electrons. The van der Waals surface area contributed by atoms with E-state index in [1.54, 1.807) is 30.2 Å². The van der Waals surface area contributed by atoms with Crippen molar-refractivity contribution in [2.75, 3.05) is 32.1 Å². The highest BCUT2D eigenvalue weighted by atomic mass is 35.5. The Morgan fingerprint density at radius 2 is 1.93 bits per heavy atom. The summed E-state index contributed by atoms with van der Waals surface area (Å²) in [6.07, 6.45) is 0.284. The highest BCUT2D eigenvalue weighted by Crippen LogP contribution is 2.25. The quantitative estimate of drug-likeness (QED) is 0.628. The molecule has 2 aromatic carbocycles. The zero-order valence-corrected chi connectivity index (χ0v) is 18.1. The number of carbonyl (C=O) groups is 2. The Bertz CT molecular complexity index is 892. The van der Waals surface area contributed by atoms with Crippen LogP contribution in [0, 0.1) is 0 Å². The number of urea groups is 1. The summed E-state index contributed by atoms with van der Waals surface area (Å²) in [5.74, 6) is 0.700. The van der Waals surface area contributed by atoms with Crippen LogP contribution in [0.25, 0.3) is 0 Å². The number of ether oxygens (including phenoxy) is 1. The van der Waals surface area contributed by atoms with E-state index in [0.717, 1.165) is 11.3 Å². The first-order chi connectivity index (χ1) is 14.4. The van der Waals surface area contributed by atoms with E-state index in [4.69, 9.17) is 27.9 Å². The van der Waals surface area contributed by atoms with Crippen LogP contribution in [-0.2, 0) is 11.3 Å². The maximum Gasteiger partial charge on any atom is 0.321 e. The number of hydrogen-bond donors (Lipinski definition) is 3. The van der Waals surface area contributed by atoms with Gasteiger partial charge in [0.05, 0.1) is 17.2 Å². The standard InChI is InChI=1S/C21H24Cl2N4O3/c1-30-17-5-2-14(3-6-17)12-25-20(28)11-16-13-27(9-8-24-16)21(29)26-15-4-7-18(22)19(23)10-15/h2-7,10,16,24H,8-9,11-13H2,1H3,(H,25,28)(H,26,29). The van der Waals surface area contributed by atoms with Gasteiger partial charge in [-0.15, -0.1) is 0 Å². The molecule has 3 N–H and O–H groups in total. The number of carbonyl (C=O) groups excluding carboxylic acids is 2. The van der Waals surface area contributed by atoms with Crippen molar-refractivity contribution in [1.29, 1.82) is 0 Å². The summed E-state index contributed by atoms with van der Waals surface area (Å²) in [7, 11) is 1.61. The number of benzene rings is 2. The molecule has 2 aromatic rings. The fraction of sp³-hybridized carbons (Fsp3) is 0.333. The van der Waals surface area contributed by atoms with Crippen molar-refractivity contribution < 1.29 is 14.3 Å². The lowest BCUT2D eigenvalue weighted by Gasteiger charge is -2.33. The molecule has 7 nitrogen and oxygen atoms in total. The van der Waals surface area contributed by atoms with Crippen LogP contribution in [0.3, 0.4) is 0 Å². The molecular weight excluding hydrogens is 427 g/mol. The van der Waals surface area contributed by atoms with Gasteiger partial charge in [0.1, 0.15) is 5.75 Å². The van der Waals surface area contributed by atoms with Crippen LogP contribution in [0.5, 0.6) is 5.75 Å². The van der Waals surface area contributed by atoms with Gasteiger partial charge >= 0.3 is 6.03 Å². The predicted octanol–water partition coefficient (Wildman–Crippen LogP) is 3.51. The molecule has 3 rings (SSSR count). The lowest BCUT2D eigenvalue weighted by molar-refractivity contribution is -0.121. The smallest absolute Gasteiger partial charge is 0.321 e. The van der Waals surface area contributed by atoms with E-state index in [-0.39, 0.29) is 24.4 Å². The number of anilines is 1. The zero-order valence-electron chi connectivity index (χ0n) is 16.6. The molecule has 1 unspecified atom stereocenters. The molecule has 0 aliphatic carbocycles. The number of halogens is 2. The van der Waals surface area contributed by atoms with Gasteiger partial charge in [-0.2, -0.15) is 0 Å². The van der Waals surface area contributed by atoms with E-state index in [9.17, 15) is 9.59 Å². The Labute approximate surface area is 185 Å². The summed E-state index contributed by atoms with van der Waals surface area (Å²) in [6.45, 7) is 2.04. The SMILES string of the molecule is COc1ccc(CNC(=O)CC2CN(C(=O)Nc3ccc(Cl)c(Cl)c3)CCN2)cc1. The normalized spacial score (nSPS) is 16.1. The molecule has 1 aliphatic heterocycles. The van der Waals surface area contributed by atoms with Gasteiger partial charge in [-0.25, -0.2) is 4.79 Å². The molecule has 0 bridgehead atoms. The van der Waals surface area contributed by atoms with Crippen LogP contribution >= 0.6 is 23.2 Å². The van der Waals surface area contributed by atoms with Gasteiger partial charge in [0.15, 0.2) is 0 Å². The molecule has 30 heavy (non-hydrogen) atoms. The Hall–Kier alpha value is -2.48. The van der Waals surface area contributed by atoms with E-state index in [2.05, 4.69) is 16.0 Å². The minimum Gasteiger partial charge on any atom is -0.497 e. The summed E-state index contributed by atoms with van der Waals surface area (Å²) < 4.78 is 5.13. The first kappa shape index (κ1) is 22.2. The van der Waals surface area contributed by atoms with Gasteiger partial charge in [0.25, 0.3) is 0 Å². The summed E-state index contributed by atoms with van der Waals surface area (Å²) in [6, 6.07) is 12.1. The number of nitrogens with one attached hydrogen (secondary N) is 3. The molecule has 0 spiro atoms. The first-order valence-electron chi connectivity index (χ1n) is 9.58. The summed E-state index contributed by atoms with van der Waals surface area (Å²) in [4.78, 5) is 26.6. The van der Waals surface area contributed by atoms with Crippen molar-refractivity contribution in [3.8, 4) is 5.75 Å². The molecule has 0 saturated carbocycles. The molecular formula is C21H24Cl2N4O3. The third-order valence-corrected chi connectivity index (χ3v) is 5.53. The van der Waals surface area contributed by atoms with Gasteiger partial charge in [0.2, 0.25) is 5.91 Å². The minimum absolute atomic E-state index is 0.0740. The first-order valence-corrected chi connectivity index (χ1v) is 10.3. The maximum atomic E-state index is 12.6. The highest BCUT2D eigenvalue weighted by molar-refractivity contribution is 6.42. The third-order valence-electron chi connectivity index (χ3n) is 4.79. The molecule has 1 fully saturated rings. The predicted molar refractivity (Wildman–Crippen MR) is 118 cm³/mol. The molecule has 1 heterocycles. The zero-order chi connectivity index (χ0) is 21.5. The summed E-state index contributed by atoms with van der Waals surface area (Å²) >= 11 is 11.9. The second kappa shape index (κ2) is 10.5. The summed E-state index contributed by atoms with van der Waals surface area (Å²) in [5, 5.41) is 9.82. The van der Waals surface area contributed by atoms with E-state index in [0.29, 0.717) is 41.9 Å². The van der Waals surface area contributed by atoms with Crippen molar-refractivity contribution in [1.82, 2.24) is 15.5 Å². The summed E-state index contributed by atoms with van der Waals surface area (Å²) in [5.41, 5.74) is 1.56. The van der Waals surface area contributed by atoms with E-state index < -0.39 is 0 Å². The third kappa shape index (κ3) is 6.26. The maximum absolute atomic E-state index is 12.6. The van der Waals surface area contributed by atoms with E-state index in [1.165, 1.54) is 0 Å². The van der Waals surface area contributed by atoms with Gasteiger partial charge in [-0.05, 0) is 35.9 Å². The lowest BCUT2D eigenvalue weighted by Crippen LogP contribution is -2.54. The van der Waals surface area contributed by atoms with Crippen molar-refractivity contribution in [2.24, 2.45) is 0 Å². The molecule has 0 radical (unpaired) electrons. The van der Waals surface area contributed by atoms with Crippen molar-refractivity contribution >= 4 is 40.8 Å². The number of hydrogen-bond acceptors (Lipinski definition) is 4. The highest BCUT2D eigenvalue weighted by Gasteiger charge is 2.25. The van der Waals surface area contributed by atoms with E-state index >= 15 is 0 Å². The van der Waals surface area contributed by atoms with Crippen LogP contribution < -0.4 is 20.7 Å². The monoisotopic (exact) mass is 450 g/mol.